The molecule has 0 saturated carbocycles. The number of aryl methyl sites for hydroxylation is 1. The summed E-state index contributed by atoms with van der Waals surface area (Å²) in [6, 6.07) is 14.9. The van der Waals surface area contributed by atoms with E-state index in [9.17, 15) is 0 Å². The lowest BCUT2D eigenvalue weighted by Crippen LogP contribution is -1.97. The Morgan fingerprint density at radius 2 is 1.92 bits per heavy atom. The van der Waals surface area contributed by atoms with Crippen molar-refractivity contribution in [2.24, 2.45) is 0 Å². The first-order chi connectivity index (χ1) is 11.6. The molecule has 2 rings (SSSR count). The van der Waals surface area contributed by atoms with Crippen molar-refractivity contribution in [3.63, 3.8) is 0 Å². The first-order valence-corrected chi connectivity index (χ1v) is 8.38. The van der Waals surface area contributed by atoms with Gasteiger partial charge < -0.3 is 5.41 Å². The predicted octanol–water partition coefficient (Wildman–Crippen LogP) is 6.28. The Hall–Kier alpha value is -2.67. The Balaban J connectivity index is 2.47. The molecule has 2 aromatic rings. The van der Waals surface area contributed by atoms with Crippen LogP contribution in [0.15, 0.2) is 79.4 Å². The number of allylic oxidation sites excluding steroid dienone is 5. The molecule has 0 saturated heterocycles. The van der Waals surface area contributed by atoms with Crippen LogP contribution >= 0.6 is 0 Å². The van der Waals surface area contributed by atoms with Crippen LogP contribution < -0.4 is 0 Å². The molecule has 0 aliphatic heterocycles. The lowest BCUT2D eigenvalue weighted by Gasteiger charge is -2.10. The predicted molar refractivity (Wildman–Crippen MR) is 106 cm³/mol. The second-order valence-corrected chi connectivity index (χ2v) is 5.88. The maximum atomic E-state index is 8.29. The van der Waals surface area contributed by atoms with E-state index in [0.717, 1.165) is 24.0 Å². The van der Waals surface area contributed by atoms with Gasteiger partial charge in [0, 0.05) is 5.56 Å². The maximum absolute atomic E-state index is 8.29. The van der Waals surface area contributed by atoms with Gasteiger partial charge >= 0.3 is 0 Å². The Morgan fingerprint density at radius 3 is 2.62 bits per heavy atom. The highest BCUT2D eigenvalue weighted by Gasteiger charge is 2.06. The fraction of sp³-hybridized carbons (Fsp3) is 0.174. The summed E-state index contributed by atoms with van der Waals surface area (Å²) >= 11 is 0. The Labute approximate surface area is 145 Å². The van der Waals surface area contributed by atoms with Gasteiger partial charge in [0.1, 0.15) is 0 Å². The van der Waals surface area contributed by atoms with E-state index < -0.39 is 0 Å². The summed E-state index contributed by atoms with van der Waals surface area (Å²) in [7, 11) is 0. The zero-order chi connectivity index (χ0) is 17.4. The van der Waals surface area contributed by atoms with Crippen molar-refractivity contribution in [3.8, 4) is 11.1 Å². The third-order valence-electron chi connectivity index (χ3n) is 3.81. The average molecular weight is 315 g/mol. The van der Waals surface area contributed by atoms with E-state index in [1.165, 1.54) is 16.7 Å². The van der Waals surface area contributed by atoms with Gasteiger partial charge in [-0.05, 0) is 54.7 Å². The summed E-state index contributed by atoms with van der Waals surface area (Å²) in [6.07, 6.45) is 11.6. The first kappa shape index (κ1) is 17.7. The van der Waals surface area contributed by atoms with Crippen molar-refractivity contribution in [2.45, 2.75) is 26.7 Å². The smallest absolute Gasteiger partial charge is 0.0612 e. The van der Waals surface area contributed by atoms with Crippen molar-refractivity contribution in [3.05, 3.63) is 96.1 Å². The van der Waals surface area contributed by atoms with Crippen molar-refractivity contribution in [1.29, 1.82) is 5.41 Å². The lowest BCUT2D eigenvalue weighted by atomic mass is 9.95. The lowest BCUT2D eigenvalue weighted by molar-refractivity contribution is 1.18. The quantitative estimate of drug-likeness (QED) is 0.353. The van der Waals surface area contributed by atoms with Gasteiger partial charge in [0.2, 0.25) is 0 Å². The van der Waals surface area contributed by atoms with Gasteiger partial charge in [-0.2, -0.15) is 0 Å². The fourth-order valence-electron chi connectivity index (χ4n) is 2.60. The molecule has 0 atom stereocenters. The molecule has 0 aromatic heterocycles. The Kier molecular flexibility index (Phi) is 6.51. The molecular weight excluding hydrogens is 290 g/mol. The van der Waals surface area contributed by atoms with Gasteiger partial charge in [0.25, 0.3) is 0 Å². The Bertz CT molecular complexity index is 778. The van der Waals surface area contributed by atoms with E-state index in [4.69, 9.17) is 5.41 Å². The van der Waals surface area contributed by atoms with Crippen LogP contribution in [-0.2, 0) is 6.42 Å². The van der Waals surface area contributed by atoms with E-state index in [-0.39, 0.29) is 0 Å². The topological polar surface area (TPSA) is 23.9 Å². The zero-order valence-electron chi connectivity index (χ0n) is 14.5. The summed E-state index contributed by atoms with van der Waals surface area (Å²) in [6.45, 7) is 7.92. The maximum Gasteiger partial charge on any atom is 0.0612 e. The second-order valence-electron chi connectivity index (χ2n) is 5.88. The van der Waals surface area contributed by atoms with Crippen LogP contribution in [0.3, 0.4) is 0 Å². The molecule has 0 aliphatic rings. The van der Waals surface area contributed by atoms with Gasteiger partial charge in [-0.3, -0.25) is 0 Å². The normalized spacial score (nSPS) is 11.2. The number of nitrogens with one attached hydrogen (secondary N) is 1. The average Bonchev–Trinajstić information content (AvgIpc) is 2.59. The summed E-state index contributed by atoms with van der Waals surface area (Å²) in [5.41, 5.74) is 6.26. The van der Waals surface area contributed by atoms with E-state index >= 15 is 0 Å². The molecule has 24 heavy (non-hydrogen) atoms. The Morgan fingerprint density at radius 1 is 1.08 bits per heavy atom. The number of hydrogen-bond donors (Lipinski definition) is 1. The summed E-state index contributed by atoms with van der Waals surface area (Å²) in [5.74, 6) is 0. The molecule has 1 N–H and O–H groups in total. The van der Waals surface area contributed by atoms with Crippen molar-refractivity contribution in [2.75, 3.05) is 0 Å². The number of benzene rings is 2. The highest BCUT2D eigenvalue weighted by atomic mass is 14.4. The van der Waals surface area contributed by atoms with Gasteiger partial charge in [0.05, 0.1) is 5.71 Å². The third-order valence-corrected chi connectivity index (χ3v) is 3.81. The fourth-order valence-corrected chi connectivity index (χ4v) is 2.60. The molecule has 0 radical (unpaired) electrons. The van der Waals surface area contributed by atoms with Crippen LogP contribution in [-0.4, -0.2) is 5.71 Å². The molecule has 1 heteroatoms. The number of hydrogen-bond acceptors (Lipinski definition) is 1. The van der Waals surface area contributed by atoms with Crippen molar-refractivity contribution >= 4 is 5.71 Å². The van der Waals surface area contributed by atoms with Crippen LogP contribution in [0.5, 0.6) is 0 Å². The summed E-state index contributed by atoms with van der Waals surface area (Å²) in [4.78, 5) is 0. The third kappa shape index (κ3) is 4.92. The monoisotopic (exact) mass is 315 g/mol. The van der Waals surface area contributed by atoms with Crippen molar-refractivity contribution < 1.29 is 0 Å². The van der Waals surface area contributed by atoms with E-state index in [0.29, 0.717) is 5.71 Å². The SMILES string of the molecule is C=C/C=C\C(=N)c1cc(C/C=C\CC)cc(-c2cccc(C)c2)c1. The number of rotatable bonds is 7. The minimum absolute atomic E-state index is 0.505. The van der Waals surface area contributed by atoms with Crippen molar-refractivity contribution in [1.82, 2.24) is 0 Å². The van der Waals surface area contributed by atoms with Gasteiger partial charge in [-0.15, -0.1) is 0 Å². The minimum Gasteiger partial charge on any atom is -0.300 e. The van der Waals surface area contributed by atoms with E-state index in [2.05, 4.69) is 75.0 Å². The summed E-state index contributed by atoms with van der Waals surface area (Å²) in [5, 5.41) is 8.29. The van der Waals surface area contributed by atoms with Gasteiger partial charge in [0.15, 0.2) is 0 Å². The molecular formula is C23H25N. The van der Waals surface area contributed by atoms with E-state index in [1.807, 2.05) is 0 Å². The molecule has 0 heterocycles. The summed E-state index contributed by atoms with van der Waals surface area (Å²) < 4.78 is 0. The molecule has 1 nitrogen and oxygen atoms in total. The molecule has 2 aromatic carbocycles. The van der Waals surface area contributed by atoms with Crippen LogP contribution in [0, 0.1) is 12.3 Å². The van der Waals surface area contributed by atoms with Crippen LogP contribution in [0.25, 0.3) is 11.1 Å². The molecule has 0 bridgehead atoms. The van der Waals surface area contributed by atoms with Gasteiger partial charge in [-0.25, -0.2) is 0 Å². The van der Waals surface area contributed by atoms with Crippen LogP contribution in [0.1, 0.15) is 30.0 Å². The second kappa shape index (κ2) is 8.83. The molecule has 122 valence electrons. The first-order valence-electron chi connectivity index (χ1n) is 8.38. The molecule has 0 unspecified atom stereocenters. The highest BCUT2D eigenvalue weighted by Crippen LogP contribution is 2.24. The molecule has 0 amide bonds. The molecule has 0 fully saturated rings. The standard InChI is InChI=1S/C23H25N/c1-4-6-8-11-19-15-21(20-12-9-10-18(3)14-20)17-22(16-19)23(24)13-7-5-2/h5-10,12-17,24H,2,4,11H2,1,3H3/b8-6-,13-7-,24-23?. The zero-order valence-corrected chi connectivity index (χ0v) is 14.5. The molecule has 0 spiro atoms. The van der Waals surface area contributed by atoms with Crippen LogP contribution in [0.2, 0.25) is 0 Å². The molecule has 0 aliphatic carbocycles. The largest absolute Gasteiger partial charge is 0.300 e. The van der Waals surface area contributed by atoms with Crippen LogP contribution in [0.4, 0.5) is 0 Å². The van der Waals surface area contributed by atoms with Gasteiger partial charge in [-0.1, -0.05) is 73.7 Å². The highest BCUT2D eigenvalue weighted by molar-refractivity contribution is 6.07. The van der Waals surface area contributed by atoms with E-state index in [1.54, 1.807) is 18.2 Å². The minimum atomic E-state index is 0.505.